The lowest BCUT2D eigenvalue weighted by atomic mass is 10.2. The molecule has 2 heterocycles. The molecule has 1 aliphatic heterocycles. The van der Waals surface area contributed by atoms with Crippen LogP contribution in [0.1, 0.15) is 11.3 Å². The summed E-state index contributed by atoms with van der Waals surface area (Å²) < 4.78 is 52.3. The normalized spacial score (nSPS) is 16.1. The van der Waals surface area contributed by atoms with Crippen molar-refractivity contribution >= 4 is 37.3 Å². The van der Waals surface area contributed by atoms with E-state index in [9.17, 15) is 16.8 Å². The van der Waals surface area contributed by atoms with Crippen molar-refractivity contribution in [3.63, 3.8) is 0 Å². The summed E-state index contributed by atoms with van der Waals surface area (Å²) in [6, 6.07) is 9.78. The zero-order chi connectivity index (χ0) is 21.7. The first kappa shape index (κ1) is 20.8. The van der Waals surface area contributed by atoms with Crippen LogP contribution in [0.4, 0.5) is 5.69 Å². The summed E-state index contributed by atoms with van der Waals surface area (Å²) in [5.41, 5.74) is 2.44. The molecule has 13 heteroatoms. The first-order chi connectivity index (χ1) is 14.1. The molecule has 3 N–H and O–H groups in total. The standard InChI is InChI=1S/C17H17ClN6O4S2/c1-11-4-2-3-5-15(11)24-9-12(21-22-24)8-23-10-20-14-6-13(18)16(29(19,25)26)7-17(14)30(23,27)28/h2-7,9,20H,8,10H2,1H3,(H2,19,25,26). The van der Waals surface area contributed by atoms with Crippen LogP contribution in [0.5, 0.6) is 0 Å². The largest absolute Gasteiger partial charge is 0.370 e. The average molecular weight is 469 g/mol. The third-order valence-corrected chi connectivity index (χ3v) is 7.85. The lowest BCUT2D eigenvalue weighted by Gasteiger charge is -2.29. The number of aromatic nitrogens is 3. The predicted octanol–water partition coefficient (Wildman–Crippen LogP) is 1.45. The van der Waals surface area contributed by atoms with Crippen LogP contribution in [0.15, 0.2) is 52.4 Å². The molecule has 0 aliphatic carbocycles. The summed E-state index contributed by atoms with van der Waals surface area (Å²) in [5.74, 6) is 0. The SMILES string of the molecule is Cc1ccccc1-n1cc(CN2CNc3cc(Cl)c(S(N)(=O)=O)cc3S2(=O)=O)nn1. The number of primary sulfonamides is 1. The molecule has 10 nitrogen and oxygen atoms in total. The number of aryl methyl sites for hydroxylation is 1. The van der Waals surface area contributed by atoms with E-state index in [0.29, 0.717) is 5.69 Å². The number of benzene rings is 2. The Labute approximate surface area is 178 Å². The number of nitrogens with two attached hydrogens (primary N) is 1. The van der Waals surface area contributed by atoms with Gasteiger partial charge in [-0.25, -0.2) is 26.7 Å². The maximum Gasteiger partial charge on any atom is 0.247 e. The minimum Gasteiger partial charge on any atom is -0.370 e. The fourth-order valence-corrected chi connectivity index (χ4v) is 5.80. The van der Waals surface area contributed by atoms with Crippen LogP contribution in [0, 0.1) is 6.92 Å². The Morgan fingerprint density at radius 3 is 2.70 bits per heavy atom. The molecule has 3 aromatic rings. The number of halogens is 1. The second kappa shape index (κ2) is 7.32. The molecule has 0 bridgehead atoms. The molecular formula is C17H17ClN6O4S2. The number of nitrogens with one attached hydrogen (secondary N) is 1. The number of sulfonamides is 2. The summed E-state index contributed by atoms with van der Waals surface area (Å²) in [5, 5.41) is 16.1. The van der Waals surface area contributed by atoms with E-state index in [1.165, 1.54) is 6.07 Å². The number of hydrogen-bond acceptors (Lipinski definition) is 7. The summed E-state index contributed by atoms with van der Waals surface area (Å²) in [6.45, 7) is 1.83. The topological polar surface area (TPSA) is 140 Å². The molecule has 30 heavy (non-hydrogen) atoms. The van der Waals surface area contributed by atoms with Crippen molar-refractivity contribution in [2.45, 2.75) is 23.3 Å². The molecule has 0 fully saturated rings. The molecule has 0 atom stereocenters. The number of fused-ring (bicyclic) bond motifs is 1. The van der Waals surface area contributed by atoms with Gasteiger partial charge in [-0.3, -0.25) is 0 Å². The predicted molar refractivity (Wildman–Crippen MR) is 110 cm³/mol. The fraction of sp³-hybridized carbons (Fsp3) is 0.176. The van der Waals surface area contributed by atoms with Crippen LogP contribution in [-0.4, -0.2) is 42.8 Å². The molecule has 1 aliphatic rings. The van der Waals surface area contributed by atoms with Crippen molar-refractivity contribution in [3.8, 4) is 5.69 Å². The number of hydrogen-bond donors (Lipinski definition) is 2. The molecule has 2 aromatic carbocycles. The molecule has 0 amide bonds. The Hall–Kier alpha value is -2.51. The Morgan fingerprint density at radius 1 is 1.27 bits per heavy atom. The molecule has 0 unspecified atom stereocenters. The number of nitrogens with zero attached hydrogens (tertiary/aromatic N) is 4. The first-order valence-corrected chi connectivity index (χ1v) is 12.0. The number of anilines is 1. The van der Waals surface area contributed by atoms with Gasteiger partial charge in [-0.15, -0.1) is 5.10 Å². The Bertz CT molecular complexity index is 1350. The third kappa shape index (κ3) is 3.68. The highest BCUT2D eigenvalue weighted by Crippen LogP contribution is 2.35. The molecule has 0 saturated carbocycles. The monoisotopic (exact) mass is 468 g/mol. The van der Waals surface area contributed by atoms with E-state index in [2.05, 4.69) is 15.6 Å². The summed E-state index contributed by atoms with van der Waals surface area (Å²) in [4.78, 5) is -0.686. The summed E-state index contributed by atoms with van der Waals surface area (Å²) in [7, 11) is -8.22. The minimum atomic E-state index is -4.19. The van der Waals surface area contributed by atoms with Crippen molar-refractivity contribution in [2.24, 2.45) is 5.14 Å². The van der Waals surface area contributed by atoms with Crippen molar-refractivity contribution < 1.29 is 16.8 Å². The van der Waals surface area contributed by atoms with Gasteiger partial charge in [0.15, 0.2) is 0 Å². The maximum atomic E-state index is 13.1. The minimum absolute atomic E-state index is 0.0440. The highest BCUT2D eigenvalue weighted by atomic mass is 35.5. The van der Waals surface area contributed by atoms with Gasteiger partial charge in [0.25, 0.3) is 0 Å². The molecule has 4 rings (SSSR count). The highest BCUT2D eigenvalue weighted by molar-refractivity contribution is 7.90. The molecule has 1 aromatic heterocycles. The van der Waals surface area contributed by atoms with Gasteiger partial charge in [-0.05, 0) is 30.7 Å². The lowest BCUT2D eigenvalue weighted by Crippen LogP contribution is -2.39. The molecule has 0 radical (unpaired) electrons. The van der Waals surface area contributed by atoms with Crippen LogP contribution >= 0.6 is 11.6 Å². The van der Waals surface area contributed by atoms with Gasteiger partial charge < -0.3 is 5.32 Å². The van der Waals surface area contributed by atoms with Gasteiger partial charge in [0.05, 0.1) is 41.5 Å². The van der Waals surface area contributed by atoms with Crippen molar-refractivity contribution in [3.05, 3.63) is 58.9 Å². The van der Waals surface area contributed by atoms with Gasteiger partial charge in [-0.1, -0.05) is 35.0 Å². The smallest absolute Gasteiger partial charge is 0.247 e. The average Bonchev–Trinajstić information content (AvgIpc) is 3.11. The Morgan fingerprint density at radius 2 is 2.00 bits per heavy atom. The van der Waals surface area contributed by atoms with Crippen LogP contribution in [0.3, 0.4) is 0 Å². The van der Waals surface area contributed by atoms with E-state index in [0.717, 1.165) is 21.6 Å². The van der Waals surface area contributed by atoms with Gasteiger partial charge in [0.2, 0.25) is 20.0 Å². The van der Waals surface area contributed by atoms with Crippen LogP contribution in [0.2, 0.25) is 5.02 Å². The van der Waals surface area contributed by atoms with Crippen LogP contribution in [-0.2, 0) is 26.6 Å². The van der Waals surface area contributed by atoms with E-state index >= 15 is 0 Å². The fourth-order valence-electron chi connectivity index (χ4n) is 3.13. The Balaban J connectivity index is 1.67. The van der Waals surface area contributed by atoms with Crippen molar-refractivity contribution in [1.29, 1.82) is 0 Å². The van der Waals surface area contributed by atoms with E-state index in [4.69, 9.17) is 16.7 Å². The van der Waals surface area contributed by atoms with Gasteiger partial charge in [-0.2, -0.15) is 4.31 Å². The number of rotatable bonds is 4. The second-order valence-corrected chi connectivity index (χ2v) is 10.6. The van der Waals surface area contributed by atoms with E-state index in [1.807, 2.05) is 31.2 Å². The van der Waals surface area contributed by atoms with Gasteiger partial charge >= 0.3 is 0 Å². The molecule has 0 spiro atoms. The summed E-state index contributed by atoms with van der Waals surface area (Å²) in [6.07, 6.45) is 1.64. The van der Waals surface area contributed by atoms with Gasteiger partial charge in [0.1, 0.15) is 9.79 Å². The van der Waals surface area contributed by atoms with Crippen LogP contribution < -0.4 is 10.5 Å². The third-order valence-electron chi connectivity index (χ3n) is 4.65. The van der Waals surface area contributed by atoms with E-state index in [1.54, 1.807) is 10.9 Å². The molecule has 0 saturated heterocycles. The lowest BCUT2D eigenvalue weighted by molar-refractivity contribution is 0.416. The quantitative estimate of drug-likeness (QED) is 0.590. The first-order valence-electron chi connectivity index (χ1n) is 8.65. The zero-order valence-electron chi connectivity index (χ0n) is 15.6. The van der Waals surface area contributed by atoms with Gasteiger partial charge in [0, 0.05) is 0 Å². The molecule has 158 valence electrons. The van der Waals surface area contributed by atoms with E-state index in [-0.39, 0.29) is 28.8 Å². The maximum absolute atomic E-state index is 13.1. The Kier molecular flexibility index (Phi) is 5.06. The highest BCUT2D eigenvalue weighted by Gasteiger charge is 2.34. The number of para-hydroxylation sites is 1. The zero-order valence-corrected chi connectivity index (χ0v) is 18.0. The second-order valence-electron chi connectivity index (χ2n) is 6.71. The van der Waals surface area contributed by atoms with Crippen LogP contribution in [0.25, 0.3) is 5.69 Å². The molecular weight excluding hydrogens is 452 g/mol. The summed E-state index contributed by atoms with van der Waals surface area (Å²) >= 11 is 5.95. The van der Waals surface area contributed by atoms with Crippen molar-refractivity contribution in [1.82, 2.24) is 19.3 Å². The van der Waals surface area contributed by atoms with E-state index < -0.39 is 24.9 Å². The van der Waals surface area contributed by atoms with Crippen molar-refractivity contribution in [2.75, 3.05) is 12.0 Å².